The first-order valence-corrected chi connectivity index (χ1v) is 9.42. The Kier molecular flexibility index (Phi) is 4.97. The molecular weight excluding hydrogens is 381 g/mol. The van der Waals surface area contributed by atoms with Gasteiger partial charge in [-0.2, -0.15) is 5.26 Å². The highest BCUT2D eigenvalue weighted by Gasteiger charge is 2.29. The molecule has 0 unspecified atom stereocenters. The molecule has 0 spiro atoms. The molecule has 4 rings (SSSR count). The van der Waals surface area contributed by atoms with Gasteiger partial charge in [-0.15, -0.1) is 10.2 Å². The number of halogens is 2. The van der Waals surface area contributed by atoms with Crippen LogP contribution in [-0.4, -0.2) is 38.5 Å². The summed E-state index contributed by atoms with van der Waals surface area (Å²) in [6.45, 7) is 1.04. The molecule has 1 fully saturated rings. The van der Waals surface area contributed by atoms with Gasteiger partial charge in [0.05, 0.1) is 10.6 Å². The molecule has 0 N–H and O–H groups in total. The quantitative estimate of drug-likeness (QED) is 0.773. The SMILES string of the molecule is N#Cc1ccc2nnc(C(=O)N3CCC(C4=CCC=CC(F)=C4Cl)CC3)n2c1. The molecule has 2 aromatic heterocycles. The first-order chi connectivity index (χ1) is 13.6. The van der Waals surface area contributed by atoms with E-state index in [2.05, 4.69) is 10.2 Å². The summed E-state index contributed by atoms with van der Waals surface area (Å²) in [7, 11) is 0. The Labute approximate surface area is 166 Å². The zero-order valence-electron chi connectivity index (χ0n) is 15.0. The number of carbonyl (C=O) groups excluding carboxylic acids is 1. The number of hydrogen-bond acceptors (Lipinski definition) is 4. The van der Waals surface area contributed by atoms with Crippen LogP contribution in [0.2, 0.25) is 0 Å². The van der Waals surface area contributed by atoms with Gasteiger partial charge < -0.3 is 4.90 Å². The monoisotopic (exact) mass is 397 g/mol. The third-order valence-corrected chi connectivity index (χ3v) is 5.54. The van der Waals surface area contributed by atoms with Crippen molar-refractivity contribution in [3.05, 3.63) is 64.4 Å². The minimum Gasteiger partial charge on any atom is -0.336 e. The van der Waals surface area contributed by atoms with Crippen LogP contribution in [0.25, 0.3) is 5.65 Å². The summed E-state index contributed by atoms with van der Waals surface area (Å²) < 4.78 is 15.5. The topological polar surface area (TPSA) is 74.3 Å². The number of amides is 1. The summed E-state index contributed by atoms with van der Waals surface area (Å²) in [4.78, 5) is 14.6. The number of hydrogen-bond donors (Lipinski definition) is 0. The fourth-order valence-corrected chi connectivity index (χ4v) is 3.95. The predicted molar refractivity (Wildman–Crippen MR) is 102 cm³/mol. The number of carbonyl (C=O) groups is 1. The number of likely N-dealkylation sites (tertiary alicyclic amines) is 1. The molecule has 0 saturated carbocycles. The second-order valence-corrected chi connectivity index (χ2v) is 7.19. The number of aromatic nitrogens is 3. The standard InChI is InChI=1S/C20H17ClFN5O/c21-18-15(3-1-2-4-16(18)22)14-7-9-26(10-8-14)20(28)19-25-24-17-6-5-13(11-23)12-27(17)19/h2-6,12,14H,1,7-10H2. The highest BCUT2D eigenvalue weighted by atomic mass is 35.5. The fourth-order valence-electron chi connectivity index (χ4n) is 3.65. The van der Waals surface area contributed by atoms with Crippen LogP contribution in [0.15, 0.2) is 53.0 Å². The number of allylic oxidation sites excluding steroid dienone is 6. The van der Waals surface area contributed by atoms with E-state index < -0.39 is 5.83 Å². The van der Waals surface area contributed by atoms with E-state index >= 15 is 0 Å². The second-order valence-electron chi connectivity index (χ2n) is 6.81. The van der Waals surface area contributed by atoms with E-state index in [0.29, 0.717) is 43.6 Å². The maximum Gasteiger partial charge on any atom is 0.292 e. The van der Waals surface area contributed by atoms with E-state index in [1.165, 1.54) is 6.08 Å². The van der Waals surface area contributed by atoms with E-state index in [1.54, 1.807) is 33.7 Å². The lowest BCUT2D eigenvalue weighted by atomic mass is 9.88. The van der Waals surface area contributed by atoms with Crippen molar-refractivity contribution in [2.24, 2.45) is 5.92 Å². The van der Waals surface area contributed by atoms with Crippen molar-refractivity contribution >= 4 is 23.2 Å². The maximum absolute atomic E-state index is 14.0. The number of pyridine rings is 1. The zero-order valence-corrected chi connectivity index (χ0v) is 15.7. The molecule has 6 nitrogen and oxygen atoms in total. The van der Waals surface area contributed by atoms with Crippen LogP contribution in [0.3, 0.4) is 0 Å². The minimum atomic E-state index is -0.410. The number of piperidine rings is 1. The van der Waals surface area contributed by atoms with Crippen LogP contribution < -0.4 is 0 Å². The summed E-state index contributed by atoms with van der Waals surface area (Å²) >= 11 is 6.20. The third kappa shape index (κ3) is 3.32. The minimum absolute atomic E-state index is 0.113. The van der Waals surface area contributed by atoms with Gasteiger partial charge >= 0.3 is 0 Å². The van der Waals surface area contributed by atoms with Gasteiger partial charge in [-0.3, -0.25) is 9.20 Å². The molecule has 0 radical (unpaired) electrons. The molecular formula is C20H17ClFN5O. The largest absolute Gasteiger partial charge is 0.336 e. The molecule has 1 saturated heterocycles. The molecule has 1 amide bonds. The van der Waals surface area contributed by atoms with Crippen LogP contribution in [0.4, 0.5) is 4.39 Å². The van der Waals surface area contributed by atoms with Crippen LogP contribution in [-0.2, 0) is 0 Å². The average molecular weight is 398 g/mol. The molecule has 0 bridgehead atoms. The maximum atomic E-state index is 14.0. The van der Waals surface area contributed by atoms with Gasteiger partial charge in [-0.25, -0.2) is 4.39 Å². The van der Waals surface area contributed by atoms with Crippen LogP contribution in [0, 0.1) is 17.2 Å². The Balaban J connectivity index is 1.50. The molecule has 2 aromatic rings. The summed E-state index contributed by atoms with van der Waals surface area (Å²) in [6.07, 6.45) is 8.70. The van der Waals surface area contributed by atoms with E-state index in [-0.39, 0.29) is 22.7 Å². The van der Waals surface area contributed by atoms with Gasteiger partial charge in [0.25, 0.3) is 5.91 Å². The molecule has 142 valence electrons. The molecule has 2 aliphatic rings. The summed E-state index contributed by atoms with van der Waals surface area (Å²) in [5, 5.41) is 17.3. The van der Waals surface area contributed by atoms with Crippen LogP contribution in [0.5, 0.6) is 0 Å². The van der Waals surface area contributed by atoms with Crippen molar-refractivity contribution in [1.82, 2.24) is 19.5 Å². The smallest absolute Gasteiger partial charge is 0.292 e. The molecule has 1 aliphatic carbocycles. The Morgan fingerprint density at radius 1 is 1.29 bits per heavy atom. The third-order valence-electron chi connectivity index (χ3n) is 5.15. The zero-order chi connectivity index (χ0) is 19.7. The highest BCUT2D eigenvalue weighted by molar-refractivity contribution is 6.32. The van der Waals surface area contributed by atoms with E-state index in [0.717, 1.165) is 5.57 Å². The molecule has 0 atom stereocenters. The van der Waals surface area contributed by atoms with Gasteiger partial charge in [0.15, 0.2) is 5.65 Å². The van der Waals surface area contributed by atoms with Gasteiger partial charge in [-0.1, -0.05) is 23.8 Å². The van der Waals surface area contributed by atoms with Crippen molar-refractivity contribution < 1.29 is 9.18 Å². The number of rotatable bonds is 2. The van der Waals surface area contributed by atoms with Crippen molar-refractivity contribution in [2.45, 2.75) is 19.3 Å². The fraction of sp³-hybridized carbons (Fsp3) is 0.300. The number of nitriles is 1. The summed E-state index contributed by atoms with van der Waals surface area (Å²) in [5.41, 5.74) is 1.76. The average Bonchev–Trinajstić information content (AvgIpc) is 3.08. The Morgan fingerprint density at radius 2 is 2.07 bits per heavy atom. The van der Waals surface area contributed by atoms with Crippen molar-refractivity contribution in [3.63, 3.8) is 0 Å². The number of nitrogens with zero attached hydrogens (tertiary/aromatic N) is 5. The van der Waals surface area contributed by atoms with Crippen molar-refractivity contribution in [1.29, 1.82) is 5.26 Å². The highest BCUT2D eigenvalue weighted by Crippen LogP contribution is 2.35. The second kappa shape index (κ2) is 7.56. The normalized spacial score (nSPS) is 18.2. The lowest BCUT2D eigenvalue weighted by Gasteiger charge is -2.32. The van der Waals surface area contributed by atoms with Gasteiger partial charge in [-0.05, 0) is 49.0 Å². The van der Waals surface area contributed by atoms with Gasteiger partial charge in [0, 0.05) is 19.3 Å². The lowest BCUT2D eigenvalue weighted by Crippen LogP contribution is -2.39. The van der Waals surface area contributed by atoms with Crippen LogP contribution >= 0.6 is 11.6 Å². The van der Waals surface area contributed by atoms with E-state index in [1.807, 2.05) is 12.1 Å². The molecule has 0 aromatic carbocycles. The van der Waals surface area contributed by atoms with Gasteiger partial charge in [0.1, 0.15) is 11.9 Å². The summed E-state index contributed by atoms with van der Waals surface area (Å²) in [6, 6.07) is 5.34. The van der Waals surface area contributed by atoms with E-state index in [9.17, 15) is 9.18 Å². The summed E-state index contributed by atoms with van der Waals surface area (Å²) in [5.74, 6) is -0.340. The van der Waals surface area contributed by atoms with E-state index in [4.69, 9.17) is 16.9 Å². The molecule has 8 heteroatoms. The predicted octanol–water partition coefficient (Wildman–Crippen LogP) is 3.76. The molecule has 28 heavy (non-hydrogen) atoms. The lowest BCUT2D eigenvalue weighted by molar-refractivity contribution is 0.0689. The Bertz CT molecular complexity index is 1070. The van der Waals surface area contributed by atoms with Crippen molar-refractivity contribution in [2.75, 3.05) is 13.1 Å². The van der Waals surface area contributed by atoms with Crippen molar-refractivity contribution in [3.8, 4) is 6.07 Å². The number of fused-ring (bicyclic) bond motifs is 1. The molecule has 1 aliphatic heterocycles. The Hall–Kier alpha value is -2.98. The first kappa shape index (κ1) is 18.4. The van der Waals surface area contributed by atoms with Gasteiger partial charge in [0.2, 0.25) is 5.82 Å². The molecule has 3 heterocycles. The van der Waals surface area contributed by atoms with Crippen LogP contribution in [0.1, 0.15) is 35.4 Å². The first-order valence-electron chi connectivity index (χ1n) is 9.05. The Morgan fingerprint density at radius 3 is 2.82 bits per heavy atom.